The van der Waals surface area contributed by atoms with Crippen LogP contribution in [0.3, 0.4) is 0 Å². The molecule has 0 radical (unpaired) electrons. The van der Waals surface area contributed by atoms with Gasteiger partial charge in [0.05, 0.1) is 0 Å². The van der Waals surface area contributed by atoms with Crippen molar-refractivity contribution in [1.82, 2.24) is 0 Å². The van der Waals surface area contributed by atoms with E-state index in [1.54, 1.807) is 0 Å². The Labute approximate surface area is 76.5 Å². The molecule has 0 unspecified atom stereocenters. The van der Waals surface area contributed by atoms with Crippen molar-refractivity contribution in [2.24, 2.45) is 0 Å². The number of rotatable bonds is 3. The van der Waals surface area contributed by atoms with Crippen molar-refractivity contribution in [3.05, 3.63) is 28.0 Å². The molecule has 0 saturated heterocycles. The van der Waals surface area contributed by atoms with Gasteiger partial charge in [-0.05, 0) is 31.6 Å². The van der Waals surface area contributed by atoms with Gasteiger partial charge in [-0.2, -0.15) is 0 Å². The van der Waals surface area contributed by atoms with Crippen LogP contribution < -0.4 is 0 Å². The van der Waals surface area contributed by atoms with E-state index in [1.807, 2.05) is 11.3 Å². The van der Waals surface area contributed by atoms with Crippen LogP contribution in [-0.4, -0.2) is 5.88 Å². The van der Waals surface area contributed by atoms with E-state index in [2.05, 4.69) is 31.2 Å². The van der Waals surface area contributed by atoms with Gasteiger partial charge >= 0.3 is 0 Å². The first-order valence-corrected chi connectivity index (χ1v) is 4.97. The summed E-state index contributed by atoms with van der Waals surface area (Å²) in [7, 11) is 0. The summed E-state index contributed by atoms with van der Waals surface area (Å²) in [6.07, 6.45) is 5.19. The highest BCUT2D eigenvalue weighted by atomic mass is 35.5. The number of hydrogen-bond acceptors (Lipinski definition) is 1. The Bertz CT molecular complexity index is 237. The van der Waals surface area contributed by atoms with Gasteiger partial charge in [-0.3, -0.25) is 0 Å². The Kier molecular flexibility index (Phi) is 3.67. The highest BCUT2D eigenvalue weighted by Crippen LogP contribution is 2.16. The molecule has 0 aliphatic rings. The zero-order valence-electron chi connectivity index (χ0n) is 6.51. The normalized spacial score (nSPS) is 11.1. The smallest absolute Gasteiger partial charge is 0.0269 e. The molecule has 0 spiro atoms. The minimum Gasteiger partial charge on any atom is -0.141 e. The molecular weight excluding hydrogens is 176 g/mol. The average molecular weight is 187 g/mol. The summed E-state index contributed by atoms with van der Waals surface area (Å²) in [4.78, 5) is 2.67. The van der Waals surface area contributed by atoms with Crippen LogP contribution in [0.5, 0.6) is 0 Å². The maximum Gasteiger partial charge on any atom is 0.0269 e. The van der Waals surface area contributed by atoms with Crippen molar-refractivity contribution in [2.45, 2.75) is 13.3 Å². The van der Waals surface area contributed by atoms with Crippen molar-refractivity contribution in [1.29, 1.82) is 0 Å². The van der Waals surface area contributed by atoms with Crippen molar-refractivity contribution >= 4 is 29.0 Å². The molecule has 0 amide bonds. The van der Waals surface area contributed by atoms with Crippen LogP contribution in [0, 0.1) is 6.92 Å². The molecule has 1 heterocycles. The molecule has 2 heteroatoms. The topological polar surface area (TPSA) is 0 Å². The monoisotopic (exact) mass is 186 g/mol. The number of thiophene rings is 1. The minimum absolute atomic E-state index is 0.709. The minimum atomic E-state index is 0.709. The highest BCUT2D eigenvalue weighted by Gasteiger charge is 1.89. The molecule has 0 nitrogen and oxygen atoms in total. The highest BCUT2D eigenvalue weighted by molar-refractivity contribution is 7.12. The fraction of sp³-hybridized carbons (Fsp3) is 0.333. The van der Waals surface area contributed by atoms with E-state index in [1.165, 1.54) is 9.75 Å². The van der Waals surface area contributed by atoms with Crippen LogP contribution >= 0.6 is 22.9 Å². The molecule has 1 aromatic heterocycles. The lowest BCUT2D eigenvalue weighted by atomic mass is 10.3. The Morgan fingerprint density at radius 1 is 1.55 bits per heavy atom. The number of halogens is 1. The molecule has 0 aromatic carbocycles. The third kappa shape index (κ3) is 3.08. The summed E-state index contributed by atoms with van der Waals surface area (Å²) in [5.41, 5.74) is 0. The molecule has 0 atom stereocenters. The van der Waals surface area contributed by atoms with Crippen molar-refractivity contribution < 1.29 is 0 Å². The van der Waals surface area contributed by atoms with Gasteiger partial charge in [0.25, 0.3) is 0 Å². The summed E-state index contributed by atoms with van der Waals surface area (Å²) in [6.45, 7) is 2.11. The third-order valence-corrected chi connectivity index (χ3v) is 2.50. The molecular formula is C9H11ClS. The van der Waals surface area contributed by atoms with Crippen LogP contribution in [0.25, 0.3) is 6.08 Å². The van der Waals surface area contributed by atoms with Gasteiger partial charge in [-0.15, -0.1) is 22.9 Å². The molecule has 0 aliphatic heterocycles. The van der Waals surface area contributed by atoms with Gasteiger partial charge in [-0.25, -0.2) is 0 Å². The standard InChI is InChI=1S/C9H11ClS/c1-8-5-6-9(11-8)4-2-3-7-10/h2,4-6H,3,7H2,1H3. The van der Waals surface area contributed by atoms with E-state index in [4.69, 9.17) is 11.6 Å². The van der Waals surface area contributed by atoms with Crippen molar-refractivity contribution in [2.75, 3.05) is 5.88 Å². The summed E-state index contributed by atoms with van der Waals surface area (Å²) >= 11 is 7.33. The van der Waals surface area contributed by atoms with E-state index >= 15 is 0 Å². The summed E-state index contributed by atoms with van der Waals surface area (Å²) in [5.74, 6) is 0.709. The Balaban J connectivity index is 2.50. The molecule has 0 bridgehead atoms. The van der Waals surface area contributed by atoms with Crippen molar-refractivity contribution in [3.8, 4) is 0 Å². The first-order chi connectivity index (χ1) is 5.33. The molecule has 11 heavy (non-hydrogen) atoms. The number of hydrogen-bond donors (Lipinski definition) is 0. The van der Waals surface area contributed by atoms with E-state index in [9.17, 15) is 0 Å². The number of aryl methyl sites for hydroxylation is 1. The van der Waals surface area contributed by atoms with Crippen LogP contribution in [0.1, 0.15) is 16.2 Å². The zero-order chi connectivity index (χ0) is 8.10. The fourth-order valence-corrected chi connectivity index (χ4v) is 1.74. The maximum atomic E-state index is 5.53. The SMILES string of the molecule is Cc1ccc(C=CCCCl)s1. The molecule has 0 N–H and O–H groups in total. The molecule has 0 aliphatic carbocycles. The molecule has 60 valence electrons. The number of alkyl halides is 1. The van der Waals surface area contributed by atoms with Gasteiger partial charge in [-0.1, -0.05) is 6.08 Å². The van der Waals surface area contributed by atoms with Crippen LogP contribution in [-0.2, 0) is 0 Å². The number of allylic oxidation sites excluding steroid dienone is 1. The molecule has 0 fully saturated rings. The van der Waals surface area contributed by atoms with E-state index in [-0.39, 0.29) is 0 Å². The summed E-state index contributed by atoms with van der Waals surface area (Å²) < 4.78 is 0. The van der Waals surface area contributed by atoms with Gasteiger partial charge in [0.1, 0.15) is 0 Å². The fourth-order valence-electron chi connectivity index (χ4n) is 0.805. The van der Waals surface area contributed by atoms with Crippen LogP contribution in [0.4, 0.5) is 0 Å². The lowest BCUT2D eigenvalue weighted by Crippen LogP contribution is -1.64. The molecule has 1 aromatic rings. The largest absolute Gasteiger partial charge is 0.141 e. The lowest BCUT2D eigenvalue weighted by molar-refractivity contribution is 1.25. The molecule has 1 rings (SSSR count). The maximum absolute atomic E-state index is 5.53. The van der Waals surface area contributed by atoms with Crippen LogP contribution in [0.15, 0.2) is 18.2 Å². The second-order valence-corrected chi connectivity index (χ2v) is 4.03. The predicted octanol–water partition coefficient (Wildman–Crippen LogP) is 3.70. The average Bonchev–Trinajstić information content (AvgIpc) is 2.37. The van der Waals surface area contributed by atoms with Gasteiger partial charge < -0.3 is 0 Å². The van der Waals surface area contributed by atoms with Crippen molar-refractivity contribution in [3.63, 3.8) is 0 Å². The van der Waals surface area contributed by atoms with Gasteiger partial charge in [0.2, 0.25) is 0 Å². The summed E-state index contributed by atoms with van der Waals surface area (Å²) in [5, 5.41) is 0. The first-order valence-electron chi connectivity index (χ1n) is 3.62. The second-order valence-electron chi connectivity index (χ2n) is 2.33. The zero-order valence-corrected chi connectivity index (χ0v) is 8.08. The third-order valence-electron chi connectivity index (χ3n) is 1.32. The van der Waals surface area contributed by atoms with Gasteiger partial charge in [0.15, 0.2) is 0 Å². The summed E-state index contributed by atoms with van der Waals surface area (Å²) in [6, 6.07) is 4.26. The predicted molar refractivity (Wildman–Crippen MR) is 53.4 cm³/mol. The van der Waals surface area contributed by atoms with E-state index in [0.29, 0.717) is 5.88 Å². The van der Waals surface area contributed by atoms with E-state index < -0.39 is 0 Å². The Morgan fingerprint density at radius 2 is 2.36 bits per heavy atom. The quantitative estimate of drug-likeness (QED) is 0.632. The molecule has 0 saturated carbocycles. The van der Waals surface area contributed by atoms with Crippen LogP contribution in [0.2, 0.25) is 0 Å². The second kappa shape index (κ2) is 4.58. The van der Waals surface area contributed by atoms with E-state index in [0.717, 1.165) is 6.42 Å². The first kappa shape index (κ1) is 8.82. The Morgan fingerprint density at radius 3 is 2.91 bits per heavy atom. The Hall–Kier alpha value is -0.270. The van der Waals surface area contributed by atoms with Gasteiger partial charge in [0, 0.05) is 15.6 Å². The lowest BCUT2D eigenvalue weighted by Gasteiger charge is -1.82.